The molecule has 5 heteroatoms. The van der Waals surface area contributed by atoms with Gasteiger partial charge in [0.25, 0.3) is 0 Å². The number of nitrogens with two attached hydrogens (primary N) is 1. The van der Waals surface area contributed by atoms with Crippen LogP contribution in [0.2, 0.25) is 0 Å². The lowest BCUT2D eigenvalue weighted by molar-refractivity contribution is -0.137. The Kier molecular flexibility index (Phi) is 3.93. The Bertz CT molecular complexity index is 371. The lowest BCUT2D eigenvalue weighted by atomic mass is 10.1. The van der Waals surface area contributed by atoms with Gasteiger partial charge in [-0.25, -0.2) is 0 Å². The Labute approximate surface area is 93.9 Å². The fourth-order valence-corrected chi connectivity index (χ4v) is 1.59. The quantitative estimate of drug-likeness (QED) is 0.882. The summed E-state index contributed by atoms with van der Waals surface area (Å²) in [5.74, 6) is 0. The minimum atomic E-state index is -4.32. The summed E-state index contributed by atoms with van der Waals surface area (Å²) in [6.07, 6.45) is -1.17. The van der Waals surface area contributed by atoms with Crippen LogP contribution in [0.3, 0.4) is 0 Å². The molecule has 0 atom stereocenters. The van der Waals surface area contributed by atoms with Gasteiger partial charge < -0.3 is 5.73 Å². The van der Waals surface area contributed by atoms with Crippen molar-refractivity contribution in [3.05, 3.63) is 39.9 Å². The molecule has 0 amide bonds. The molecule has 0 radical (unpaired) electrons. The van der Waals surface area contributed by atoms with E-state index in [9.17, 15) is 13.2 Å². The Morgan fingerprint density at radius 3 is 2.47 bits per heavy atom. The van der Waals surface area contributed by atoms with Gasteiger partial charge in [0.15, 0.2) is 0 Å². The van der Waals surface area contributed by atoms with Crippen molar-refractivity contribution in [1.82, 2.24) is 0 Å². The Hall–Kier alpha value is -0.810. The molecule has 0 fully saturated rings. The van der Waals surface area contributed by atoms with Crippen molar-refractivity contribution in [3.63, 3.8) is 0 Å². The molecule has 15 heavy (non-hydrogen) atoms. The van der Waals surface area contributed by atoms with Crippen LogP contribution in [0.25, 0.3) is 6.08 Å². The van der Waals surface area contributed by atoms with Gasteiger partial charge in [0, 0.05) is 11.0 Å². The molecular weight excluding hydrogens is 271 g/mol. The predicted molar refractivity (Wildman–Crippen MR) is 57.2 cm³/mol. The number of hydrogen-bond acceptors (Lipinski definition) is 1. The molecule has 0 saturated carbocycles. The Morgan fingerprint density at radius 2 is 1.93 bits per heavy atom. The monoisotopic (exact) mass is 279 g/mol. The summed E-state index contributed by atoms with van der Waals surface area (Å²) in [5.41, 5.74) is 5.02. The molecule has 0 spiro atoms. The molecule has 1 aromatic carbocycles. The minimum Gasteiger partial charge on any atom is -0.327 e. The maximum absolute atomic E-state index is 12.4. The van der Waals surface area contributed by atoms with Crippen LogP contribution in [-0.2, 0) is 6.18 Å². The van der Waals surface area contributed by atoms with E-state index in [1.165, 1.54) is 0 Å². The largest absolute Gasteiger partial charge is 0.416 e. The van der Waals surface area contributed by atoms with Crippen LogP contribution in [0.15, 0.2) is 28.7 Å². The molecule has 2 N–H and O–H groups in total. The molecule has 0 aliphatic heterocycles. The average molecular weight is 280 g/mol. The van der Waals surface area contributed by atoms with Gasteiger partial charge in [-0.2, -0.15) is 13.2 Å². The summed E-state index contributed by atoms with van der Waals surface area (Å²) in [6, 6.07) is 3.72. The van der Waals surface area contributed by atoms with E-state index in [1.807, 2.05) is 0 Å². The van der Waals surface area contributed by atoms with Crippen molar-refractivity contribution in [2.75, 3.05) is 6.54 Å². The van der Waals surface area contributed by atoms with Gasteiger partial charge >= 0.3 is 6.18 Å². The van der Waals surface area contributed by atoms with Crippen molar-refractivity contribution in [2.45, 2.75) is 6.18 Å². The molecule has 0 saturated heterocycles. The highest BCUT2D eigenvalue weighted by Gasteiger charge is 2.30. The zero-order valence-electron chi connectivity index (χ0n) is 7.68. The van der Waals surface area contributed by atoms with Crippen LogP contribution in [0.1, 0.15) is 11.1 Å². The second-order valence-electron chi connectivity index (χ2n) is 2.91. The van der Waals surface area contributed by atoms with Crippen LogP contribution in [0.5, 0.6) is 0 Å². The summed E-state index contributed by atoms with van der Waals surface area (Å²) in [6.45, 7) is 0.299. The maximum atomic E-state index is 12.4. The third-order valence-corrected chi connectivity index (χ3v) is 2.15. The zero-order chi connectivity index (χ0) is 11.5. The minimum absolute atomic E-state index is 0.299. The van der Waals surface area contributed by atoms with Crippen molar-refractivity contribution in [2.24, 2.45) is 5.73 Å². The van der Waals surface area contributed by atoms with E-state index >= 15 is 0 Å². The first-order chi connectivity index (χ1) is 6.93. The molecule has 0 aromatic heterocycles. The van der Waals surface area contributed by atoms with Gasteiger partial charge in [-0.3, -0.25) is 0 Å². The molecule has 0 bridgehead atoms. The zero-order valence-corrected chi connectivity index (χ0v) is 9.27. The first-order valence-electron chi connectivity index (χ1n) is 4.18. The van der Waals surface area contributed by atoms with Gasteiger partial charge in [-0.1, -0.05) is 28.1 Å². The topological polar surface area (TPSA) is 26.0 Å². The summed E-state index contributed by atoms with van der Waals surface area (Å²) < 4.78 is 37.6. The fourth-order valence-electron chi connectivity index (χ4n) is 1.08. The van der Waals surface area contributed by atoms with Gasteiger partial charge in [-0.05, 0) is 23.8 Å². The second kappa shape index (κ2) is 4.81. The van der Waals surface area contributed by atoms with Crippen LogP contribution in [0.4, 0.5) is 13.2 Å². The van der Waals surface area contributed by atoms with Gasteiger partial charge in [0.05, 0.1) is 5.56 Å². The van der Waals surface area contributed by atoms with Crippen molar-refractivity contribution in [3.8, 4) is 0 Å². The van der Waals surface area contributed by atoms with Crippen molar-refractivity contribution < 1.29 is 13.2 Å². The molecule has 1 nitrogen and oxygen atoms in total. The van der Waals surface area contributed by atoms with Crippen LogP contribution in [0, 0.1) is 0 Å². The average Bonchev–Trinajstić information content (AvgIpc) is 2.12. The first-order valence-corrected chi connectivity index (χ1v) is 4.97. The summed E-state index contributed by atoms with van der Waals surface area (Å²) in [7, 11) is 0. The molecular formula is C10H9BrF3N. The highest BCUT2D eigenvalue weighted by Crippen LogP contribution is 2.32. The third-order valence-electron chi connectivity index (χ3n) is 1.69. The lowest BCUT2D eigenvalue weighted by Gasteiger charge is -2.08. The highest BCUT2D eigenvalue weighted by atomic mass is 79.9. The van der Waals surface area contributed by atoms with Crippen LogP contribution < -0.4 is 5.73 Å². The molecule has 82 valence electrons. The molecule has 0 aliphatic rings. The van der Waals surface area contributed by atoms with E-state index in [1.54, 1.807) is 18.2 Å². The Balaban J connectivity index is 3.11. The predicted octanol–water partition coefficient (Wildman–Crippen LogP) is 3.44. The smallest absolute Gasteiger partial charge is 0.327 e. The summed E-state index contributed by atoms with van der Waals surface area (Å²) in [4.78, 5) is 0. The van der Waals surface area contributed by atoms with Crippen molar-refractivity contribution in [1.29, 1.82) is 0 Å². The number of alkyl halides is 3. The molecule has 1 aromatic rings. The highest BCUT2D eigenvalue weighted by molar-refractivity contribution is 9.10. The van der Waals surface area contributed by atoms with Crippen LogP contribution >= 0.6 is 15.9 Å². The maximum Gasteiger partial charge on any atom is 0.416 e. The number of rotatable bonds is 2. The van der Waals surface area contributed by atoms with Gasteiger partial charge in [0.1, 0.15) is 0 Å². The van der Waals surface area contributed by atoms with Crippen LogP contribution in [-0.4, -0.2) is 6.54 Å². The van der Waals surface area contributed by atoms with E-state index < -0.39 is 11.7 Å². The normalized spacial score (nSPS) is 12.3. The summed E-state index contributed by atoms with van der Waals surface area (Å²) in [5, 5.41) is 0. The van der Waals surface area contributed by atoms with Crippen molar-refractivity contribution >= 4 is 22.0 Å². The molecule has 0 heterocycles. The molecule has 0 aliphatic carbocycles. The lowest BCUT2D eigenvalue weighted by Crippen LogP contribution is -2.05. The van der Waals surface area contributed by atoms with E-state index in [0.717, 1.165) is 12.1 Å². The van der Waals surface area contributed by atoms with E-state index in [4.69, 9.17) is 5.73 Å². The first kappa shape index (κ1) is 12.3. The van der Waals surface area contributed by atoms with Gasteiger partial charge in [0.2, 0.25) is 0 Å². The number of benzene rings is 1. The van der Waals surface area contributed by atoms with E-state index in [0.29, 0.717) is 16.6 Å². The third kappa shape index (κ3) is 3.68. The second-order valence-corrected chi connectivity index (χ2v) is 3.82. The van der Waals surface area contributed by atoms with E-state index in [-0.39, 0.29) is 0 Å². The van der Waals surface area contributed by atoms with E-state index in [2.05, 4.69) is 15.9 Å². The summed E-state index contributed by atoms with van der Waals surface area (Å²) >= 11 is 3.03. The standard InChI is InChI=1S/C10H9BrF3N/c11-9-5-7(2-1-3-15)4-8(6-9)10(12,13)14/h1-2,4-6H,3,15H2. The van der Waals surface area contributed by atoms with Gasteiger partial charge in [-0.15, -0.1) is 0 Å². The number of halogens is 4. The SMILES string of the molecule is NCC=Cc1cc(Br)cc(C(F)(F)F)c1. The molecule has 1 rings (SSSR count). The Morgan fingerprint density at radius 1 is 1.27 bits per heavy atom. The number of hydrogen-bond donors (Lipinski definition) is 1. The fraction of sp³-hybridized carbons (Fsp3) is 0.200. The molecule has 0 unspecified atom stereocenters.